The van der Waals surface area contributed by atoms with Crippen LogP contribution in [0.5, 0.6) is 0 Å². The summed E-state index contributed by atoms with van der Waals surface area (Å²) in [4.78, 5) is 27.7. The van der Waals surface area contributed by atoms with E-state index in [4.69, 9.17) is 0 Å². The maximum atomic E-state index is 12.7. The predicted octanol–water partition coefficient (Wildman–Crippen LogP) is 1.22. The third kappa shape index (κ3) is 3.67. The first-order valence-corrected chi connectivity index (χ1v) is 7.88. The van der Waals surface area contributed by atoms with Crippen molar-refractivity contribution in [3.8, 4) is 0 Å². The van der Waals surface area contributed by atoms with E-state index in [2.05, 4.69) is 5.32 Å². The Balaban J connectivity index is 1.97. The van der Waals surface area contributed by atoms with E-state index in [-0.39, 0.29) is 6.03 Å². The smallest absolute Gasteiger partial charge is 0.320 e. The molecule has 2 amide bonds. The van der Waals surface area contributed by atoms with Gasteiger partial charge in [-0.05, 0) is 52.1 Å². The van der Waals surface area contributed by atoms with Crippen molar-refractivity contribution in [3.63, 3.8) is 0 Å². The quantitative estimate of drug-likeness (QED) is 0.821. The standard InChI is InChI=1S/C15H27N3O3/c1-15(13(19)20)6-4-8-18(11-15)14(21)17-7-3-5-12(10-17)9-16-2/h12,16H,3-11H2,1-2H3,(H,19,20). The second kappa shape index (κ2) is 6.64. The Morgan fingerprint density at radius 1 is 1.29 bits per heavy atom. The molecule has 2 aliphatic heterocycles. The molecule has 2 heterocycles. The van der Waals surface area contributed by atoms with Gasteiger partial charge >= 0.3 is 12.0 Å². The van der Waals surface area contributed by atoms with E-state index >= 15 is 0 Å². The topological polar surface area (TPSA) is 72.9 Å². The summed E-state index contributed by atoms with van der Waals surface area (Å²) in [5.41, 5.74) is -0.798. The van der Waals surface area contributed by atoms with Crippen LogP contribution in [-0.4, -0.2) is 66.7 Å². The highest BCUT2D eigenvalue weighted by Crippen LogP contribution is 2.30. The number of amides is 2. The molecular weight excluding hydrogens is 270 g/mol. The Morgan fingerprint density at radius 2 is 2.00 bits per heavy atom. The van der Waals surface area contributed by atoms with Crippen LogP contribution < -0.4 is 5.32 Å². The maximum absolute atomic E-state index is 12.7. The summed E-state index contributed by atoms with van der Waals surface area (Å²) in [6, 6.07) is 0.0166. The molecule has 0 radical (unpaired) electrons. The number of carboxylic acids is 1. The van der Waals surface area contributed by atoms with E-state index < -0.39 is 11.4 Å². The molecule has 0 saturated carbocycles. The molecular formula is C15H27N3O3. The summed E-state index contributed by atoms with van der Waals surface area (Å²) in [6.07, 6.45) is 3.59. The van der Waals surface area contributed by atoms with Gasteiger partial charge in [0, 0.05) is 26.2 Å². The van der Waals surface area contributed by atoms with Crippen molar-refractivity contribution in [1.29, 1.82) is 0 Å². The summed E-state index contributed by atoms with van der Waals surface area (Å²) in [6.45, 7) is 5.24. The van der Waals surface area contributed by atoms with Crippen LogP contribution in [0, 0.1) is 11.3 Å². The highest BCUT2D eigenvalue weighted by molar-refractivity contribution is 5.78. The molecule has 2 rings (SSSR count). The minimum absolute atomic E-state index is 0.0166. The van der Waals surface area contributed by atoms with Crippen LogP contribution in [0.15, 0.2) is 0 Å². The second-order valence-electron chi connectivity index (χ2n) is 6.69. The highest BCUT2D eigenvalue weighted by atomic mass is 16.4. The van der Waals surface area contributed by atoms with Crippen LogP contribution >= 0.6 is 0 Å². The molecule has 2 fully saturated rings. The lowest BCUT2D eigenvalue weighted by atomic mass is 9.82. The molecule has 0 aromatic rings. The van der Waals surface area contributed by atoms with E-state index in [0.717, 1.165) is 38.9 Å². The van der Waals surface area contributed by atoms with Crippen molar-refractivity contribution in [2.75, 3.05) is 39.8 Å². The fourth-order valence-electron chi connectivity index (χ4n) is 3.47. The van der Waals surface area contributed by atoms with Gasteiger partial charge in [0.05, 0.1) is 5.41 Å². The molecule has 2 atom stereocenters. The molecule has 0 aromatic heterocycles. The Morgan fingerprint density at radius 3 is 2.67 bits per heavy atom. The van der Waals surface area contributed by atoms with Crippen LogP contribution in [0.2, 0.25) is 0 Å². The summed E-state index contributed by atoms with van der Waals surface area (Å²) >= 11 is 0. The largest absolute Gasteiger partial charge is 0.481 e. The molecule has 6 heteroatoms. The molecule has 2 N–H and O–H groups in total. The van der Waals surface area contributed by atoms with E-state index in [9.17, 15) is 14.7 Å². The van der Waals surface area contributed by atoms with Crippen molar-refractivity contribution in [2.24, 2.45) is 11.3 Å². The van der Waals surface area contributed by atoms with Crippen LogP contribution in [0.25, 0.3) is 0 Å². The third-order valence-electron chi connectivity index (χ3n) is 4.77. The number of nitrogens with one attached hydrogen (secondary N) is 1. The number of likely N-dealkylation sites (tertiary alicyclic amines) is 2. The van der Waals surface area contributed by atoms with Gasteiger partial charge in [-0.25, -0.2) is 4.79 Å². The molecule has 2 unspecified atom stereocenters. The van der Waals surface area contributed by atoms with Gasteiger partial charge in [0.25, 0.3) is 0 Å². The van der Waals surface area contributed by atoms with E-state index in [1.165, 1.54) is 0 Å². The van der Waals surface area contributed by atoms with E-state index in [1.807, 2.05) is 11.9 Å². The normalized spacial score (nSPS) is 30.3. The van der Waals surface area contributed by atoms with Gasteiger partial charge in [-0.15, -0.1) is 0 Å². The molecule has 0 bridgehead atoms. The summed E-state index contributed by atoms with van der Waals surface area (Å²) in [5, 5.41) is 12.5. The summed E-state index contributed by atoms with van der Waals surface area (Å²) < 4.78 is 0. The lowest BCUT2D eigenvalue weighted by Gasteiger charge is -2.41. The van der Waals surface area contributed by atoms with Crippen LogP contribution in [0.4, 0.5) is 4.79 Å². The minimum Gasteiger partial charge on any atom is -0.481 e. The Kier molecular flexibility index (Phi) is 5.08. The van der Waals surface area contributed by atoms with Crippen LogP contribution in [-0.2, 0) is 4.79 Å². The molecule has 6 nitrogen and oxygen atoms in total. The number of carboxylic acid groups (broad SMARTS) is 1. The molecule has 0 aliphatic carbocycles. The van der Waals surface area contributed by atoms with Crippen molar-refractivity contribution in [3.05, 3.63) is 0 Å². The van der Waals surface area contributed by atoms with Crippen molar-refractivity contribution >= 4 is 12.0 Å². The van der Waals surface area contributed by atoms with Gasteiger partial charge < -0.3 is 20.2 Å². The van der Waals surface area contributed by atoms with E-state index in [0.29, 0.717) is 25.4 Å². The van der Waals surface area contributed by atoms with Crippen molar-refractivity contribution < 1.29 is 14.7 Å². The SMILES string of the molecule is CNCC1CCCN(C(=O)N2CCCC(C)(C(=O)O)C2)C1. The number of nitrogens with zero attached hydrogens (tertiary/aromatic N) is 2. The second-order valence-corrected chi connectivity index (χ2v) is 6.69. The zero-order valence-corrected chi connectivity index (χ0v) is 13.1. The average molecular weight is 297 g/mol. The number of piperidine rings is 2. The maximum Gasteiger partial charge on any atom is 0.320 e. The van der Waals surface area contributed by atoms with Crippen LogP contribution in [0.3, 0.4) is 0 Å². The number of hydrogen-bond donors (Lipinski definition) is 2. The predicted molar refractivity (Wildman–Crippen MR) is 80.2 cm³/mol. The fraction of sp³-hybridized carbons (Fsp3) is 0.867. The molecule has 0 aromatic carbocycles. The van der Waals surface area contributed by atoms with Gasteiger partial charge in [0.2, 0.25) is 0 Å². The third-order valence-corrected chi connectivity index (χ3v) is 4.77. The number of carbonyl (C=O) groups is 2. The highest BCUT2D eigenvalue weighted by Gasteiger charge is 2.40. The van der Waals surface area contributed by atoms with Gasteiger partial charge in [0.15, 0.2) is 0 Å². The van der Waals surface area contributed by atoms with Gasteiger partial charge in [-0.2, -0.15) is 0 Å². The zero-order chi connectivity index (χ0) is 15.5. The van der Waals surface area contributed by atoms with E-state index in [1.54, 1.807) is 11.8 Å². The lowest BCUT2D eigenvalue weighted by Crippen LogP contribution is -2.54. The zero-order valence-electron chi connectivity index (χ0n) is 13.1. The van der Waals surface area contributed by atoms with Gasteiger partial charge in [0.1, 0.15) is 0 Å². The lowest BCUT2D eigenvalue weighted by molar-refractivity contribution is -0.150. The minimum atomic E-state index is -0.799. The summed E-state index contributed by atoms with van der Waals surface area (Å²) in [5.74, 6) is -0.296. The van der Waals surface area contributed by atoms with Crippen molar-refractivity contribution in [2.45, 2.75) is 32.6 Å². The Hall–Kier alpha value is -1.30. The van der Waals surface area contributed by atoms with Gasteiger partial charge in [-0.1, -0.05) is 0 Å². The Labute approximate surface area is 126 Å². The molecule has 2 saturated heterocycles. The first-order chi connectivity index (χ1) is 9.96. The number of urea groups is 1. The number of carbonyl (C=O) groups excluding carboxylic acids is 1. The first-order valence-electron chi connectivity index (χ1n) is 7.88. The summed E-state index contributed by atoms with van der Waals surface area (Å²) in [7, 11) is 1.93. The number of rotatable bonds is 3. The molecule has 0 spiro atoms. The number of aliphatic carboxylic acids is 1. The molecule has 2 aliphatic rings. The molecule has 21 heavy (non-hydrogen) atoms. The number of hydrogen-bond acceptors (Lipinski definition) is 3. The monoisotopic (exact) mass is 297 g/mol. The van der Waals surface area contributed by atoms with Crippen molar-refractivity contribution in [1.82, 2.24) is 15.1 Å². The molecule has 120 valence electrons. The van der Waals surface area contributed by atoms with Gasteiger partial charge in [-0.3, -0.25) is 4.79 Å². The first kappa shape index (κ1) is 16.1. The fourth-order valence-corrected chi connectivity index (χ4v) is 3.47. The average Bonchev–Trinajstić information content (AvgIpc) is 2.47. The Bertz CT molecular complexity index is 400. The van der Waals surface area contributed by atoms with Crippen LogP contribution in [0.1, 0.15) is 32.6 Å².